The Labute approximate surface area is 159 Å². The average molecular weight is 379 g/mol. The van der Waals surface area contributed by atoms with Crippen LogP contribution in [0.25, 0.3) is 0 Å². The van der Waals surface area contributed by atoms with E-state index in [4.69, 9.17) is 15.2 Å². The number of benzene rings is 1. The van der Waals surface area contributed by atoms with E-state index in [0.717, 1.165) is 5.56 Å². The lowest BCUT2D eigenvalue weighted by atomic mass is 10.1. The molecule has 1 rings (SSSR count). The maximum absolute atomic E-state index is 11.8. The summed E-state index contributed by atoms with van der Waals surface area (Å²) in [5.74, 6) is -0.584. The van der Waals surface area contributed by atoms with E-state index >= 15 is 0 Å². The first-order chi connectivity index (χ1) is 12.7. The largest absolute Gasteiger partial charge is 0.445 e. The summed E-state index contributed by atoms with van der Waals surface area (Å²) in [4.78, 5) is 34.9. The summed E-state index contributed by atoms with van der Waals surface area (Å²) in [7, 11) is 0. The van der Waals surface area contributed by atoms with E-state index in [1.54, 1.807) is 20.8 Å². The van der Waals surface area contributed by atoms with Gasteiger partial charge in [0.05, 0.1) is 6.04 Å². The molecular formula is C19H29N3O5. The summed E-state index contributed by atoms with van der Waals surface area (Å²) in [6.07, 6.45) is 0.321. The Morgan fingerprint density at radius 2 is 1.74 bits per heavy atom. The van der Waals surface area contributed by atoms with Crippen molar-refractivity contribution in [3.05, 3.63) is 35.9 Å². The number of nitrogens with two attached hydrogens (primary N) is 1. The van der Waals surface area contributed by atoms with Crippen molar-refractivity contribution in [3.8, 4) is 0 Å². The third-order valence-corrected chi connectivity index (χ3v) is 3.38. The van der Waals surface area contributed by atoms with Crippen LogP contribution in [0.5, 0.6) is 0 Å². The SMILES string of the molecule is CC(C)(C)OC(=O)NC(=O)[C@@H](N)CCCCNC(=O)OCc1ccccc1. The zero-order valence-corrected chi connectivity index (χ0v) is 16.1. The van der Waals surface area contributed by atoms with Crippen LogP contribution < -0.4 is 16.4 Å². The first-order valence-corrected chi connectivity index (χ1v) is 8.91. The highest BCUT2D eigenvalue weighted by atomic mass is 16.6. The second kappa shape index (κ2) is 11.2. The highest BCUT2D eigenvalue weighted by Gasteiger charge is 2.21. The number of carbonyl (C=O) groups is 3. The predicted octanol–water partition coefficient (Wildman–Crippen LogP) is 2.46. The number of imide groups is 1. The van der Waals surface area contributed by atoms with E-state index in [9.17, 15) is 14.4 Å². The summed E-state index contributed by atoms with van der Waals surface area (Å²) in [6, 6.07) is 8.57. The topological polar surface area (TPSA) is 120 Å². The van der Waals surface area contributed by atoms with Crippen LogP contribution >= 0.6 is 0 Å². The van der Waals surface area contributed by atoms with Crippen LogP contribution in [-0.2, 0) is 20.9 Å². The quantitative estimate of drug-likeness (QED) is 0.597. The zero-order chi connectivity index (χ0) is 20.3. The Hall–Kier alpha value is -2.61. The van der Waals surface area contributed by atoms with Crippen molar-refractivity contribution in [2.75, 3.05) is 6.54 Å². The predicted molar refractivity (Wildman–Crippen MR) is 101 cm³/mol. The fraction of sp³-hybridized carbons (Fsp3) is 0.526. The maximum atomic E-state index is 11.8. The highest BCUT2D eigenvalue weighted by Crippen LogP contribution is 2.07. The minimum atomic E-state index is -0.817. The monoisotopic (exact) mass is 379 g/mol. The number of carbonyl (C=O) groups excluding carboxylic acids is 3. The smallest absolute Gasteiger partial charge is 0.414 e. The Morgan fingerprint density at radius 3 is 2.37 bits per heavy atom. The molecule has 0 fully saturated rings. The van der Waals surface area contributed by atoms with Gasteiger partial charge in [0.1, 0.15) is 12.2 Å². The van der Waals surface area contributed by atoms with Crippen molar-refractivity contribution in [2.24, 2.45) is 5.73 Å². The molecule has 8 nitrogen and oxygen atoms in total. The van der Waals surface area contributed by atoms with E-state index in [1.807, 2.05) is 30.3 Å². The molecule has 0 saturated heterocycles. The second-order valence-electron chi connectivity index (χ2n) is 7.08. The molecule has 0 bridgehead atoms. The second-order valence-corrected chi connectivity index (χ2v) is 7.08. The summed E-state index contributed by atoms with van der Waals surface area (Å²) in [6.45, 7) is 5.73. The molecule has 0 aliphatic carbocycles. The number of hydrogen-bond donors (Lipinski definition) is 3. The third kappa shape index (κ3) is 10.9. The van der Waals surface area contributed by atoms with Gasteiger partial charge in [0.25, 0.3) is 0 Å². The van der Waals surface area contributed by atoms with Gasteiger partial charge in [0.2, 0.25) is 5.91 Å². The summed E-state index contributed by atoms with van der Waals surface area (Å²) >= 11 is 0. The Morgan fingerprint density at radius 1 is 1.07 bits per heavy atom. The Kier molecular flexibility index (Phi) is 9.29. The number of rotatable bonds is 8. The molecule has 0 unspecified atom stereocenters. The van der Waals surface area contributed by atoms with Crippen molar-refractivity contribution in [3.63, 3.8) is 0 Å². The summed E-state index contributed by atoms with van der Waals surface area (Å²) < 4.78 is 10.1. The summed E-state index contributed by atoms with van der Waals surface area (Å²) in [5, 5.41) is 4.75. The number of amides is 3. The van der Waals surface area contributed by atoms with Gasteiger partial charge in [-0.2, -0.15) is 0 Å². The molecule has 0 aliphatic heterocycles. The van der Waals surface area contributed by atoms with Crippen molar-refractivity contribution < 1.29 is 23.9 Å². The molecule has 1 atom stereocenters. The zero-order valence-electron chi connectivity index (χ0n) is 16.1. The highest BCUT2D eigenvalue weighted by molar-refractivity contribution is 5.94. The minimum Gasteiger partial charge on any atom is -0.445 e. The lowest BCUT2D eigenvalue weighted by molar-refractivity contribution is -0.122. The van der Waals surface area contributed by atoms with Crippen molar-refractivity contribution in [1.82, 2.24) is 10.6 Å². The Bertz CT molecular complexity index is 614. The number of alkyl carbamates (subject to hydrolysis) is 2. The van der Waals surface area contributed by atoms with Crippen molar-refractivity contribution in [2.45, 2.75) is 58.3 Å². The maximum Gasteiger partial charge on any atom is 0.414 e. The van der Waals surface area contributed by atoms with E-state index < -0.39 is 29.7 Å². The Balaban J connectivity index is 2.11. The third-order valence-electron chi connectivity index (χ3n) is 3.38. The minimum absolute atomic E-state index is 0.211. The van der Waals surface area contributed by atoms with Gasteiger partial charge in [-0.3, -0.25) is 10.1 Å². The van der Waals surface area contributed by atoms with Crippen molar-refractivity contribution in [1.29, 1.82) is 0 Å². The van der Waals surface area contributed by atoms with Gasteiger partial charge >= 0.3 is 12.2 Å². The van der Waals surface area contributed by atoms with Gasteiger partial charge in [-0.05, 0) is 45.6 Å². The molecule has 1 aromatic rings. The van der Waals surface area contributed by atoms with Gasteiger partial charge in [-0.15, -0.1) is 0 Å². The van der Waals surface area contributed by atoms with E-state index in [-0.39, 0.29) is 6.61 Å². The fourth-order valence-corrected chi connectivity index (χ4v) is 2.08. The lowest BCUT2D eigenvalue weighted by Gasteiger charge is -2.20. The fourth-order valence-electron chi connectivity index (χ4n) is 2.08. The van der Waals surface area contributed by atoms with Crippen LogP contribution in [-0.4, -0.2) is 36.3 Å². The number of hydrogen-bond acceptors (Lipinski definition) is 6. The normalized spacial score (nSPS) is 12.0. The van der Waals surface area contributed by atoms with Gasteiger partial charge in [0, 0.05) is 6.54 Å². The molecule has 8 heteroatoms. The van der Waals surface area contributed by atoms with Crippen LogP contribution in [0.4, 0.5) is 9.59 Å². The van der Waals surface area contributed by atoms with E-state index in [2.05, 4.69) is 10.6 Å². The van der Waals surface area contributed by atoms with Crippen molar-refractivity contribution >= 4 is 18.1 Å². The molecule has 0 radical (unpaired) electrons. The van der Waals surface area contributed by atoms with Crippen LogP contribution in [0.2, 0.25) is 0 Å². The molecule has 0 aliphatic rings. The number of nitrogens with one attached hydrogen (secondary N) is 2. The molecule has 0 aromatic heterocycles. The van der Waals surface area contributed by atoms with Crippen LogP contribution in [0.1, 0.15) is 45.6 Å². The number of unbranched alkanes of at least 4 members (excludes halogenated alkanes) is 1. The molecule has 1 aromatic carbocycles. The molecule has 4 N–H and O–H groups in total. The molecule has 27 heavy (non-hydrogen) atoms. The van der Waals surface area contributed by atoms with Gasteiger partial charge < -0.3 is 20.5 Å². The number of ether oxygens (including phenoxy) is 2. The molecule has 0 spiro atoms. The van der Waals surface area contributed by atoms with Crippen LogP contribution in [0, 0.1) is 0 Å². The molecule has 0 heterocycles. The summed E-state index contributed by atoms with van der Waals surface area (Å²) in [5.41, 5.74) is 5.98. The molecule has 150 valence electrons. The van der Waals surface area contributed by atoms with Gasteiger partial charge in [0.15, 0.2) is 0 Å². The lowest BCUT2D eigenvalue weighted by Crippen LogP contribution is -2.45. The standard InChI is InChI=1S/C19H29N3O5/c1-19(2,3)27-18(25)22-16(23)15(20)11-7-8-12-21-17(24)26-13-14-9-5-4-6-10-14/h4-6,9-10,15H,7-8,11-13,20H2,1-3H3,(H,21,24)(H,22,23,25)/t15-/m0/s1. The molecule has 0 saturated carbocycles. The van der Waals surface area contributed by atoms with Crippen LogP contribution in [0.3, 0.4) is 0 Å². The first-order valence-electron chi connectivity index (χ1n) is 8.91. The molecule has 3 amide bonds. The van der Waals surface area contributed by atoms with E-state index in [1.165, 1.54) is 0 Å². The molecular weight excluding hydrogens is 350 g/mol. The van der Waals surface area contributed by atoms with Gasteiger partial charge in [-0.1, -0.05) is 30.3 Å². The van der Waals surface area contributed by atoms with Crippen LogP contribution in [0.15, 0.2) is 30.3 Å². The average Bonchev–Trinajstić information content (AvgIpc) is 2.58. The first kappa shape index (κ1) is 22.4. The van der Waals surface area contributed by atoms with E-state index in [0.29, 0.717) is 25.8 Å². The van der Waals surface area contributed by atoms with Gasteiger partial charge in [-0.25, -0.2) is 9.59 Å².